The SMILES string of the molecule is Cc1c(C2CC2)nc2cccc(C(=O)O)n12. The molecule has 82 valence electrons. The highest BCUT2D eigenvalue weighted by atomic mass is 16.4. The van der Waals surface area contributed by atoms with Crippen molar-refractivity contribution in [1.29, 1.82) is 0 Å². The molecule has 0 amide bonds. The number of imidazole rings is 1. The molecule has 16 heavy (non-hydrogen) atoms. The van der Waals surface area contributed by atoms with Crippen molar-refractivity contribution in [1.82, 2.24) is 9.38 Å². The third-order valence-electron chi connectivity index (χ3n) is 3.09. The third kappa shape index (κ3) is 1.23. The Bertz CT molecular complexity index is 582. The van der Waals surface area contributed by atoms with E-state index in [1.807, 2.05) is 13.0 Å². The van der Waals surface area contributed by atoms with Crippen LogP contribution in [0.3, 0.4) is 0 Å². The van der Waals surface area contributed by atoms with Crippen LogP contribution in [0.2, 0.25) is 0 Å². The standard InChI is InChI=1S/C12H12N2O2/c1-7-11(8-5-6-8)13-10-4-2-3-9(12(15)16)14(7)10/h2-4,8H,5-6H2,1H3,(H,15,16). The zero-order valence-electron chi connectivity index (χ0n) is 8.97. The van der Waals surface area contributed by atoms with Crippen LogP contribution in [-0.2, 0) is 0 Å². The number of aromatic nitrogens is 2. The second-order valence-corrected chi connectivity index (χ2v) is 4.27. The number of carbonyl (C=O) groups is 1. The average molecular weight is 216 g/mol. The number of aryl methyl sites for hydroxylation is 1. The zero-order valence-corrected chi connectivity index (χ0v) is 8.97. The smallest absolute Gasteiger partial charge is 0.352 e. The average Bonchev–Trinajstić information content (AvgIpc) is 3.04. The van der Waals surface area contributed by atoms with Crippen LogP contribution in [0.15, 0.2) is 18.2 Å². The van der Waals surface area contributed by atoms with Gasteiger partial charge in [0.1, 0.15) is 11.3 Å². The van der Waals surface area contributed by atoms with Crippen molar-refractivity contribution in [2.75, 3.05) is 0 Å². The van der Waals surface area contributed by atoms with E-state index in [-0.39, 0.29) is 5.69 Å². The van der Waals surface area contributed by atoms with Gasteiger partial charge in [0.05, 0.1) is 5.69 Å². The first-order valence-electron chi connectivity index (χ1n) is 5.39. The van der Waals surface area contributed by atoms with Crippen LogP contribution in [0.1, 0.15) is 40.6 Å². The van der Waals surface area contributed by atoms with Crippen LogP contribution in [0.4, 0.5) is 0 Å². The molecule has 4 nitrogen and oxygen atoms in total. The van der Waals surface area contributed by atoms with Crippen molar-refractivity contribution >= 4 is 11.6 Å². The van der Waals surface area contributed by atoms with Crippen LogP contribution in [0.5, 0.6) is 0 Å². The molecule has 1 aliphatic carbocycles. The number of fused-ring (bicyclic) bond motifs is 1. The molecule has 3 rings (SSSR count). The minimum atomic E-state index is -0.909. The number of aromatic carboxylic acids is 1. The lowest BCUT2D eigenvalue weighted by Crippen LogP contribution is -2.05. The predicted octanol–water partition coefficient (Wildman–Crippen LogP) is 2.22. The molecule has 0 atom stereocenters. The first kappa shape index (κ1) is 9.39. The summed E-state index contributed by atoms with van der Waals surface area (Å²) < 4.78 is 1.73. The van der Waals surface area contributed by atoms with Crippen LogP contribution in [-0.4, -0.2) is 20.5 Å². The molecule has 2 aromatic rings. The number of hydrogen-bond donors (Lipinski definition) is 1. The van der Waals surface area contributed by atoms with Crippen molar-refractivity contribution in [2.24, 2.45) is 0 Å². The van der Waals surface area contributed by atoms with Gasteiger partial charge in [-0.3, -0.25) is 4.40 Å². The lowest BCUT2D eigenvalue weighted by molar-refractivity contribution is 0.0688. The molecule has 1 N–H and O–H groups in total. The number of carboxylic acids is 1. The summed E-state index contributed by atoms with van der Waals surface area (Å²) in [5, 5.41) is 9.12. The van der Waals surface area contributed by atoms with Crippen LogP contribution in [0, 0.1) is 6.92 Å². The molecule has 2 heterocycles. The van der Waals surface area contributed by atoms with E-state index in [1.165, 1.54) is 12.8 Å². The monoisotopic (exact) mass is 216 g/mol. The summed E-state index contributed by atoms with van der Waals surface area (Å²) in [6.45, 7) is 1.94. The van der Waals surface area contributed by atoms with Gasteiger partial charge in [0, 0.05) is 11.6 Å². The van der Waals surface area contributed by atoms with E-state index in [0.717, 1.165) is 17.0 Å². The fourth-order valence-corrected chi connectivity index (χ4v) is 2.17. The zero-order chi connectivity index (χ0) is 11.3. The van der Waals surface area contributed by atoms with Crippen LogP contribution < -0.4 is 0 Å². The molecular formula is C12H12N2O2. The quantitative estimate of drug-likeness (QED) is 0.837. The highest BCUT2D eigenvalue weighted by Crippen LogP contribution is 2.41. The topological polar surface area (TPSA) is 54.6 Å². The van der Waals surface area contributed by atoms with E-state index in [9.17, 15) is 4.79 Å². The predicted molar refractivity (Wildman–Crippen MR) is 58.9 cm³/mol. The first-order valence-corrected chi connectivity index (χ1v) is 5.39. The van der Waals surface area contributed by atoms with Crippen molar-refractivity contribution in [3.8, 4) is 0 Å². The molecule has 2 aromatic heterocycles. The van der Waals surface area contributed by atoms with Gasteiger partial charge in [0.2, 0.25) is 0 Å². The fourth-order valence-electron chi connectivity index (χ4n) is 2.17. The Morgan fingerprint density at radius 3 is 2.88 bits per heavy atom. The largest absolute Gasteiger partial charge is 0.477 e. The molecule has 1 saturated carbocycles. The van der Waals surface area contributed by atoms with Gasteiger partial charge in [-0.15, -0.1) is 0 Å². The molecule has 4 heteroatoms. The third-order valence-corrected chi connectivity index (χ3v) is 3.09. The van der Waals surface area contributed by atoms with Gasteiger partial charge in [-0.1, -0.05) is 6.07 Å². The number of rotatable bonds is 2. The fraction of sp³-hybridized carbons (Fsp3) is 0.333. The molecule has 1 fully saturated rings. The summed E-state index contributed by atoms with van der Waals surface area (Å²) in [7, 11) is 0. The summed E-state index contributed by atoms with van der Waals surface area (Å²) >= 11 is 0. The maximum absolute atomic E-state index is 11.1. The molecule has 0 spiro atoms. The van der Waals surface area contributed by atoms with E-state index in [1.54, 1.807) is 16.5 Å². The van der Waals surface area contributed by atoms with Crippen LogP contribution >= 0.6 is 0 Å². The van der Waals surface area contributed by atoms with Crippen molar-refractivity contribution in [2.45, 2.75) is 25.7 Å². The van der Waals surface area contributed by atoms with E-state index in [4.69, 9.17) is 5.11 Å². The Hall–Kier alpha value is -1.84. The Balaban J connectivity index is 2.33. The van der Waals surface area contributed by atoms with Gasteiger partial charge in [-0.2, -0.15) is 0 Å². The highest BCUT2D eigenvalue weighted by molar-refractivity contribution is 5.86. The van der Waals surface area contributed by atoms with Crippen LogP contribution in [0.25, 0.3) is 5.65 Å². The molecular weight excluding hydrogens is 204 g/mol. The van der Waals surface area contributed by atoms with Crippen molar-refractivity contribution < 1.29 is 9.90 Å². The highest BCUT2D eigenvalue weighted by Gasteiger charge is 2.29. The number of hydrogen-bond acceptors (Lipinski definition) is 2. The molecule has 0 saturated heterocycles. The summed E-state index contributed by atoms with van der Waals surface area (Å²) in [6.07, 6.45) is 2.35. The molecule has 0 unspecified atom stereocenters. The molecule has 0 bridgehead atoms. The molecule has 1 aliphatic rings. The number of carboxylic acid groups (broad SMARTS) is 1. The lowest BCUT2D eigenvalue weighted by Gasteiger charge is -2.02. The lowest BCUT2D eigenvalue weighted by atomic mass is 10.2. The summed E-state index contributed by atoms with van der Waals surface area (Å²) in [6, 6.07) is 5.20. The Morgan fingerprint density at radius 2 is 2.25 bits per heavy atom. The minimum Gasteiger partial charge on any atom is -0.477 e. The minimum absolute atomic E-state index is 0.286. The van der Waals surface area contributed by atoms with E-state index >= 15 is 0 Å². The Kier molecular flexibility index (Phi) is 1.80. The Labute approximate surface area is 92.5 Å². The molecule has 0 aromatic carbocycles. The van der Waals surface area contributed by atoms with Gasteiger partial charge in [-0.05, 0) is 31.9 Å². The van der Waals surface area contributed by atoms with E-state index in [0.29, 0.717) is 5.92 Å². The van der Waals surface area contributed by atoms with Gasteiger partial charge < -0.3 is 5.11 Å². The maximum atomic E-state index is 11.1. The first-order chi connectivity index (χ1) is 7.68. The number of pyridine rings is 1. The van der Waals surface area contributed by atoms with Gasteiger partial charge in [-0.25, -0.2) is 9.78 Å². The van der Waals surface area contributed by atoms with Crippen molar-refractivity contribution in [3.05, 3.63) is 35.3 Å². The normalized spacial score (nSPS) is 15.6. The summed E-state index contributed by atoms with van der Waals surface area (Å²) in [5.74, 6) is -0.366. The summed E-state index contributed by atoms with van der Waals surface area (Å²) in [5.41, 5.74) is 3.05. The number of nitrogens with zero attached hydrogens (tertiary/aromatic N) is 2. The maximum Gasteiger partial charge on any atom is 0.352 e. The second kappa shape index (κ2) is 3.07. The van der Waals surface area contributed by atoms with E-state index in [2.05, 4.69) is 4.98 Å². The summed E-state index contributed by atoms with van der Waals surface area (Å²) in [4.78, 5) is 15.6. The van der Waals surface area contributed by atoms with Crippen molar-refractivity contribution in [3.63, 3.8) is 0 Å². The van der Waals surface area contributed by atoms with Gasteiger partial charge in [0.25, 0.3) is 0 Å². The molecule has 0 aliphatic heterocycles. The second-order valence-electron chi connectivity index (χ2n) is 4.27. The van der Waals surface area contributed by atoms with Gasteiger partial charge in [0.15, 0.2) is 0 Å². The van der Waals surface area contributed by atoms with E-state index < -0.39 is 5.97 Å². The van der Waals surface area contributed by atoms with Gasteiger partial charge >= 0.3 is 5.97 Å². The Morgan fingerprint density at radius 1 is 1.50 bits per heavy atom. The molecule has 0 radical (unpaired) electrons.